The molecule has 0 amide bonds. The molecule has 0 unspecified atom stereocenters. The minimum Gasteiger partial charge on any atom is -0.475 e. The van der Waals surface area contributed by atoms with Gasteiger partial charge >= 0.3 is 0 Å². The molecule has 1 saturated heterocycles. The smallest absolute Gasteiger partial charge is 0.269 e. The molecule has 0 N–H and O–H groups in total. The molecule has 0 saturated carbocycles. The van der Waals surface area contributed by atoms with Crippen molar-refractivity contribution in [2.45, 2.75) is 25.4 Å². The lowest BCUT2D eigenvalue weighted by Gasteiger charge is -2.21. The molecule has 31 heavy (non-hydrogen) atoms. The lowest BCUT2D eigenvalue weighted by atomic mass is 10.1. The molecule has 2 aromatic heterocycles. The van der Waals surface area contributed by atoms with Crippen LogP contribution in [0.15, 0.2) is 47.1 Å². The van der Waals surface area contributed by atoms with Crippen LogP contribution < -0.4 is 4.74 Å². The fourth-order valence-electron chi connectivity index (χ4n) is 3.63. The summed E-state index contributed by atoms with van der Waals surface area (Å²) in [5.74, 6) is 1.40. The maximum absolute atomic E-state index is 10.9. The van der Waals surface area contributed by atoms with Gasteiger partial charge in [-0.2, -0.15) is 4.98 Å². The predicted molar refractivity (Wildman–Crippen MR) is 110 cm³/mol. The highest BCUT2D eigenvalue weighted by molar-refractivity contribution is 5.60. The molecule has 0 radical (unpaired) electrons. The second-order valence-corrected chi connectivity index (χ2v) is 7.21. The molecule has 0 spiro atoms. The first-order valence-electron chi connectivity index (χ1n) is 10.0. The molecule has 10 heteroatoms. The normalized spacial score (nSPS) is 16.5. The molecular weight excluding hydrogens is 402 g/mol. The molecule has 1 aliphatic rings. The predicted octanol–water partition coefficient (Wildman–Crippen LogP) is 3.40. The minimum atomic E-state index is -0.395. The maximum atomic E-state index is 10.9. The third kappa shape index (κ3) is 4.86. The lowest BCUT2D eigenvalue weighted by molar-refractivity contribution is -0.384. The number of likely N-dealkylation sites (tertiary alicyclic amines) is 1. The van der Waals surface area contributed by atoms with Gasteiger partial charge in [0.05, 0.1) is 23.1 Å². The van der Waals surface area contributed by atoms with Gasteiger partial charge in [-0.25, -0.2) is 4.98 Å². The highest BCUT2D eigenvalue weighted by Gasteiger charge is 2.31. The largest absolute Gasteiger partial charge is 0.475 e. The van der Waals surface area contributed by atoms with Gasteiger partial charge in [0.2, 0.25) is 17.6 Å². The number of rotatable bonds is 9. The van der Waals surface area contributed by atoms with Crippen LogP contribution >= 0.6 is 0 Å². The molecule has 4 rings (SSSR count). The first-order valence-corrected chi connectivity index (χ1v) is 10.0. The SMILES string of the molecule is COCCOc1ncccc1-c1noc([C@@H]2CCCN2Cc2ccc([N+](=O)[O-])cc2)n1. The van der Waals surface area contributed by atoms with Gasteiger partial charge in [-0.1, -0.05) is 17.3 Å². The van der Waals surface area contributed by atoms with Crippen LogP contribution in [0.5, 0.6) is 5.88 Å². The number of pyridine rings is 1. The highest BCUT2D eigenvalue weighted by atomic mass is 16.6. The van der Waals surface area contributed by atoms with Crippen molar-refractivity contribution in [2.24, 2.45) is 0 Å². The number of non-ortho nitro benzene ring substituents is 1. The van der Waals surface area contributed by atoms with Crippen molar-refractivity contribution < 1.29 is 18.9 Å². The number of methoxy groups -OCH3 is 1. The molecule has 1 aromatic carbocycles. The summed E-state index contributed by atoms with van der Waals surface area (Å²) in [7, 11) is 1.61. The standard InChI is InChI=1S/C21H23N5O5/c1-29-12-13-30-20-17(4-2-10-22-20)19-23-21(31-24-19)18-5-3-11-25(18)14-15-6-8-16(9-7-15)26(27)28/h2,4,6-10,18H,3,5,11-14H2,1H3/t18-/m0/s1. The highest BCUT2D eigenvalue weighted by Crippen LogP contribution is 2.34. The maximum Gasteiger partial charge on any atom is 0.269 e. The van der Waals surface area contributed by atoms with E-state index >= 15 is 0 Å². The average molecular weight is 425 g/mol. The van der Waals surface area contributed by atoms with Gasteiger partial charge in [-0.05, 0) is 37.1 Å². The monoisotopic (exact) mass is 425 g/mol. The number of nitro groups is 1. The van der Waals surface area contributed by atoms with E-state index in [2.05, 4.69) is 20.0 Å². The van der Waals surface area contributed by atoms with Crippen LogP contribution in [0.4, 0.5) is 5.69 Å². The zero-order valence-corrected chi connectivity index (χ0v) is 17.1. The van der Waals surface area contributed by atoms with Crippen molar-refractivity contribution in [3.8, 4) is 17.3 Å². The van der Waals surface area contributed by atoms with E-state index in [0.717, 1.165) is 24.9 Å². The van der Waals surface area contributed by atoms with Crippen LogP contribution in [0.1, 0.15) is 30.3 Å². The zero-order valence-electron chi connectivity index (χ0n) is 17.1. The minimum absolute atomic E-state index is 0.00836. The summed E-state index contributed by atoms with van der Waals surface area (Å²) >= 11 is 0. The average Bonchev–Trinajstić information content (AvgIpc) is 3.44. The lowest BCUT2D eigenvalue weighted by Crippen LogP contribution is -2.23. The molecule has 3 heterocycles. The van der Waals surface area contributed by atoms with Crippen molar-refractivity contribution >= 4 is 5.69 Å². The van der Waals surface area contributed by atoms with Gasteiger partial charge in [-0.15, -0.1) is 0 Å². The Morgan fingerprint density at radius 2 is 2.10 bits per heavy atom. The van der Waals surface area contributed by atoms with E-state index in [1.807, 2.05) is 6.07 Å². The van der Waals surface area contributed by atoms with E-state index in [-0.39, 0.29) is 11.7 Å². The van der Waals surface area contributed by atoms with E-state index in [9.17, 15) is 10.1 Å². The van der Waals surface area contributed by atoms with Gasteiger partial charge in [0, 0.05) is 32.0 Å². The van der Waals surface area contributed by atoms with Crippen molar-refractivity contribution in [3.63, 3.8) is 0 Å². The third-order valence-corrected chi connectivity index (χ3v) is 5.16. The van der Waals surface area contributed by atoms with E-state index in [4.69, 9.17) is 14.0 Å². The third-order valence-electron chi connectivity index (χ3n) is 5.16. The van der Waals surface area contributed by atoms with Gasteiger partial charge in [0.25, 0.3) is 5.69 Å². The van der Waals surface area contributed by atoms with Crippen molar-refractivity contribution in [2.75, 3.05) is 26.9 Å². The molecule has 3 aromatic rings. The number of ether oxygens (including phenoxy) is 2. The number of nitro benzene ring substituents is 1. The Labute approximate surface area is 179 Å². The summed E-state index contributed by atoms with van der Waals surface area (Å²) in [6, 6.07) is 10.2. The summed E-state index contributed by atoms with van der Waals surface area (Å²) in [6.07, 6.45) is 3.56. The summed E-state index contributed by atoms with van der Waals surface area (Å²) in [4.78, 5) is 21.6. The van der Waals surface area contributed by atoms with Gasteiger partial charge in [0.1, 0.15) is 6.61 Å². The summed E-state index contributed by atoms with van der Waals surface area (Å²) in [5.41, 5.74) is 1.75. The van der Waals surface area contributed by atoms with Gasteiger partial charge < -0.3 is 14.0 Å². The Morgan fingerprint density at radius 1 is 1.26 bits per heavy atom. The Hall–Kier alpha value is -3.37. The molecule has 1 fully saturated rings. The first-order chi connectivity index (χ1) is 15.2. The second-order valence-electron chi connectivity index (χ2n) is 7.21. The van der Waals surface area contributed by atoms with Crippen molar-refractivity contribution in [1.82, 2.24) is 20.0 Å². The van der Waals surface area contributed by atoms with E-state index < -0.39 is 4.92 Å². The molecule has 162 valence electrons. The second kappa shape index (κ2) is 9.63. The Kier molecular flexibility index (Phi) is 6.48. The van der Waals surface area contributed by atoms with Crippen molar-refractivity contribution in [1.29, 1.82) is 0 Å². The first kappa shape index (κ1) is 20.9. The van der Waals surface area contributed by atoms with Crippen LogP contribution in [-0.4, -0.2) is 51.8 Å². The topological polar surface area (TPSA) is 117 Å². The van der Waals surface area contributed by atoms with Crippen LogP contribution in [0, 0.1) is 10.1 Å². The molecule has 10 nitrogen and oxygen atoms in total. The number of hydrogen-bond donors (Lipinski definition) is 0. The molecule has 0 aliphatic carbocycles. The molecule has 1 aliphatic heterocycles. The van der Waals surface area contributed by atoms with E-state index in [0.29, 0.717) is 42.9 Å². The summed E-state index contributed by atoms with van der Waals surface area (Å²) in [5, 5.41) is 15.0. The quantitative estimate of drug-likeness (QED) is 0.289. The number of nitrogens with zero attached hydrogens (tertiary/aromatic N) is 5. The Morgan fingerprint density at radius 3 is 2.87 bits per heavy atom. The zero-order chi connectivity index (χ0) is 21.6. The summed E-state index contributed by atoms with van der Waals surface area (Å²) in [6.45, 7) is 2.36. The fraction of sp³-hybridized carbons (Fsp3) is 0.381. The van der Waals surface area contributed by atoms with Crippen LogP contribution in [0.3, 0.4) is 0 Å². The molecule has 1 atom stereocenters. The van der Waals surface area contributed by atoms with Gasteiger partial charge in [-0.3, -0.25) is 15.0 Å². The number of benzene rings is 1. The Balaban J connectivity index is 1.49. The number of aromatic nitrogens is 3. The van der Waals surface area contributed by atoms with Crippen molar-refractivity contribution in [3.05, 3.63) is 64.2 Å². The number of hydrogen-bond acceptors (Lipinski definition) is 9. The summed E-state index contributed by atoms with van der Waals surface area (Å²) < 4.78 is 16.3. The van der Waals surface area contributed by atoms with Crippen LogP contribution in [-0.2, 0) is 11.3 Å². The van der Waals surface area contributed by atoms with E-state index in [1.165, 1.54) is 12.1 Å². The molecular formula is C21H23N5O5. The van der Waals surface area contributed by atoms with Crippen LogP contribution in [0.25, 0.3) is 11.4 Å². The van der Waals surface area contributed by atoms with Crippen LogP contribution in [0.2, 0.25) is 0 Å². The molecule has 0 bridgehead atoms. The van der Waals surface area contributed by atoms with Gasteiger partial charge in [0.15, 0.2) is 0 Å². The Bertz CT molecular complexity index is 1020. The van der Waals surface area contributed by atoms with E-state index in [1.54, 1.807) is 31.5 Å². The fourth-order valence-corrected chi connectivity index (χ4v) is 3.63.